The van der Waals surface area contributed by atoms with E-state index < -0.39 is 6.10 Å². The number of carbonyl (C=O) groups excluding carboxylic acids is 2. The van der Waals surface area contributed by atoms with Crippen molar-refractivity contribution in [2.75, 3.05) is 0 Å². The highest BCUT2D eigenvalue weighted by molar-refractivity contribution is 5.64. The summed E-state index contributed by atoms with van der Waals surface area (Å²) >= 11 is 0. The minimum absolute atomic E-state index is 0.294. The third-order valence-electron chi connectivity index (χ3n) is 2.51. The van der Waals surface area contributed by atoms with Gasteiger partial charge < -0.3 is 9.53 Å². The lowest BCUT2D eigenvalue weighted by Gasteiger charge is -2.36. The van der Waals surface area contributed by atoms with Crippen molar-refractivity contribution in [1.82, 2.24) is 0 Å². The number of allylic oxidation sites excluding steroid dienone is 1. The molecule has 1 aliphatic rings. The Morgan fingerprint density at radius 1 is 1.50 bits per heavy atom. The first-order valence-electron chi connectivity index (χ1n) is 4.45. The van der Waals surface area contributed by atoms with Gasteiger partial charge in [0.15, 0.2) is 0 Å². The molecule has 0 fully saturated rings. The van der Waals surface area contributed by atoms with Crippen LogP contribution in [-0.4, -0.2) is 18.9 Å². The second kappa shape index (κ2) is 3.78. The van der Waals surface area contributed by atoms with Crippen molar-refractivity contribution in [2.24, 2.45) is 11.3 Å². The average Bonchev–Trinajstić information content (AvgIpc) is 2.12. The molecule has 2 unspecified atom stereocenters. The van der Waals surface area contributed by atoms with Gasteiger partial charge in [0.2, 0.25) is 0 Å². The zero-order chi connectivity index (χ0) is 10.8. The molecule has 0 heterocycles. The second-order valence-corrected chi connectivity index (χ2v) is 4.03. The quantitative estimate of drug-likeness (QED) is 0.505. The van der Waals surface area contributed by atoms with E-state index in [2.05, 4.69) is 6.58 Å². The van der Waals surface area contributed by atoms with Gasteiger partial charge in [-0.1, -0.05) is 32.6 Å². The SMILES string of the molecule is C=C1C(C=O)C=CC(C)(C)C1OC=O. The molecule has 0 spiro atoms. The second-order valence-electron chi connectivity index (χ2n) is 4.03. The van der Waals surface area contributed by atoms with Crippen LogP contribution < -0.4 is 0 Å². The molecule has 1 aliphatic carbocycles. The Balaban J connectivity index is 3.00. The molecule has 0 aromatic rings. The first-order valence-corrected chi connectivity index (χ1v) is 4.45. The maximum absolute atomic E-state index is 10.7. The van der Waals surface area contributed by atoms with E-state index in [4.69, 9.17) is 4.74 Å². The van der Waals surface area contributed by atoms with E-state index in [9.17, 15) is 9.59 Å². The van der Waals surface area contributed by atoms with Gasteiger partial charge in [-0.25, -0.2) is 0 Å². The third kappa shape index (κ3) is 1.76. The van der Waals surface area contributed by atoms with Gasteiger partial charge in [-0.3, -0.25) is 4.79 Å². The summed E-state index contributed by atoms with van der Waals surface area (Å²) in [7, 11) is 0. The Hall–Kier alpha value is -1.38. The fourth-order valence-electron chi connectivity index (χ4n) is 1.67. The zero-order valence-corrected chi connectivity index (χ0v) is 8.40. The molecule has 0 N–H and O–H groups in total. The van der Waals surface area contributed by atoms with Crippen LogP contribution in [0.25, 0.3) is 0 Å². The van der Waals surface area contributed by atoms with Gasteiger partial charge in [-0.15, -0.1) is 0 Å². The number of rotatable bonds is 3. The molecule has 0 bridgehead atoms. The number of carbonyl (C=O) groups is 2. The monoisotopic (exact) mass is 194 g/mol. The van der Waals surface area contributed by atoms with Crippen molar-refractivity contribution in [3.8, 4) is 0 Å². The molecule has 3 nitrogen and oxygen atoms in total. The molecule has 3 heteroatoms. The molecular formula is C11H14O3. The van der Waals surface area contributed by atoms with Crippen molar-refractivity contribution in [3.05, 3.63) is 24.3 Å². The maximum Gasteiger partial charge on any atom is 0.293 e. The van der Waals surface area contributed by atoms with E-state index in [0.29, 0.717) is 12.0 Å². The highest BCUT2D eigenvalue weighted by Gasteiger charge is 2.37. The van der Waals surface area contributed by atoms with E-state index in [0.717, 1.165) is 6.29 Å². The van der Waals surface area contributed by atoms with Gasteiger partial charge in [0.1, 0.15) is 12.4 Å². The number of ether oxygens (including phenoxy) is 1. The standard InChI is InChI=1S/C11H14O3/c1-8-9(6-12)4-5-11(2,3)10(8)14-7-13/h4-7,9-10H,1H2,2-3H3. The summed E-state index contributed by atoms with van der Waals surface area (Å²) < 4.78 is 4.95. The summed E-state index contributed by atoms with van der Waals surface area (Å²) in [6.07, 6.45) is 4.06. The summed E-state index contributed by atoms with van der Waals surface area (Å²) in [6, 6.07) is 0. The number of hydrogen-bond donors (Lipinski definition) is 0. The predicted octanol–water partition coefficient (Wildman–Crippen LogP) is 1.50. The molecule has 1 rings (SSSR count). The Bertz CT molecular complexity index is 289. The van der Waals surface area contributed by atoms with E-state index in [1.165, 1.54) is 0 Å². The highest BCUT2D eigenvalue weighted by atomic mass is 16.5. The fourth-order valence-corrected chi connectivity index (χ4v) is 1.67. The lowest BCUT2D eigenvalue weighted by molar-refractivity contribution is -0.136. The van der Waals surface area contributed by atoms with Crippen LogP contribution in [0.2, 0.25) is 0 Å². The van der Waals surface area contributed by atoms with Crippen LogP contribution in [-0.2, 0) is 14.3 Å². The fraction of sp³-hybridized carbons (Fsp3) is 0.455. The van der Waals surface area contributed by atoms with Crippen molar-refractivity contribution in [3.63, 3.8) is 0 Å². The molecule has 14 heavy (non-hydrogen) atoms. The van der Waals surface area contributed by atoms with E-state index in [1.807, 2.05) is 19.9 Å². The predicted molar refractivity (Wildman–Crippen MR) is 52.6 cm³/mol. The van der Waals surface area contributed by atoms with Crippen LogP contribution in [0, 0.1) is 11.3 Å². The van der Waals surface area contributed by atoms with Crippen LogP contribution >= 0.6 is 0 Å². The number of aldehydes is 1. The van der Waals surface area contributed by atoms with Gasteiger partial charge in [0, 0.05) is 5.41 Å². The van der Waals surface area contributed by atoms with Crippen LogP contribution in [0.5, 0.6) is 0 Å². The van der Waals surface area contributed by atoms with Gasteiger partial charge in [0.05, 0.1) is 5.92 Å². The van der Waals surface area contributed by atoms with Crippen molar-refractivity contribution < 1.29 is 14.3 Å². The summed E-state index contributed by atoms with van der Waals surface area (Å²) in [6.45, 7) is 8.07. The van der Waals surface area contributed by atoms with Crippen molar-refractivity contribution in [1.29, 1.82) is 0 Å². The van der Waals surface area contributed by atoms with Crippen LogP contribution in [0.4, 0.5) is 0 Å². The minimum atomic E-state index is -0.416. The van der Waals surface area contributed by atoms with Crippen LogP contribution in [0.15, 0.2) is 24.3 Å². The molecule has 0 radical (unpaired) electrons. The highest BCUT2D eigenvalue weighted by Crippen LogP contribution is 2.36. The first kappa shape index (κ1) is 10.7. The molecule has 0 amide bonds. The summed E-state index contributed by atoms with van der Waals surface area (Å²) in [5.41, 5.74) is 0.344. The molecule has 2 atom stereocenters. The summed E-state index contributed by atoms with van der Waals surface area (Å²) in [4.78, 5) is 21.0. The topological polar surface area (TPSA) is 43.4 Å². The molecule has 76 valence electrons. The molecule has 0 saturated carbocycles. The third-order valence-corrected chi connectivity index (χ3v) is 2.51. The van der Waals surface area contributed by atoms with E-state index in [1.54, 1.807) is 6.08 Å². The minimum Gasteiger partial charge on any atom is -0.459 e. The Labute approximate surface area is 83.4 Å². The normalized spacial score (nSPS) is 29.7. The summed E-state index contributed by atoms with van der Waals surface area (Å²) in [5.74, 6) is -0.340. The van der Waals surface area contributed by atoms with Crippen LogP contribution in [0.1, 0.15) is 13.8 Å². The molecule has 0 aromatic carbocycles. The Morgan fingerprint density at radius 2 is 2.14 bits per heavy atom. The van der Waals surface area contributed by atoms with Crippen LogP contribution in [0.3, 0.4) is 0 Å². The van der Waals surface area contributed by atoms with Gasteiger partial charge >= 0.3 is 0 Å². The first-order chi connectivity index (χ1) is 6.53. The molecular weight excluding hydrogens is 180 g/mol. The van der Waals surface area contributed by atoms with Crippen molar-refractivity contribution in [2.45, 2.75) is 20.0 Å². The van der Waals surface area contributed by atoms with E-state index in [-0.39, 0.29) is 11.3 Å². The average molecular weight is 194 g/mol. The number of hydrogen-bond acceptors (Lipinski definition) is 3. The maximum atomic E-state index is 10.7. The largest absolute Gasteiger partial charge is 0.459 e. The molecule has 0 saturated heterocycles. The smallest absolute Gasteiger partial charge is 0.293 e. The van der Waals surface area contributed by atoms with Crippen molar-refractivity contribution >= 4 is 12.8 Å². The van der Waals surface area contributed by atoms with Gasteiger partial charge in [0.25, 0.3) is 6.47 Å². The zero-order valence-electron chi connectivity index (χ0n) is 8.40. The Kier molecular flexibility index (Phi) is 2.89. The summed E-state index contributed by atoms with van der Waals surface area (Å²) in [5, 5.41) is 0. The molecule has 0 aromatic heterocycles. The molecule has 0 aliphatic heterocycles. The lowest BCUT2D eigenvalue weighted by atomic mass is 9.74. The van der Waals surface area contributed by atoms with E-state index >= 15 is 0 Å². The Morgan fingerprint density at radius 3 is 2.64 bits per heavy atom. The van der Waals surface area contributed by atoms with Gasteiger partial charge in [-0.05, 0) is 5.57 Å². The lowest BCUT2D eigenvalue weighted by Crippen LogP contribution is -2.37. The van der Waals surface area contributed by atoms with Gasteiger partial charge in [-0.2, -0.15) is 0 Å².